The molecule has 0 spiro atoms. The van der Waals surface area contributed by atoms with E-state index in [-0.39, 0.29) is 5.75 Å². The fourth-order valence-corrected chi connectivity index (χ4v) is 5.15. The molecule has 28 heavy (non-hydrogen) atoms. The molecular formula is C23H21N3OS. The zero-order valence-corrected chi connectivity index (χ0v) is 16.3. The first-order valence-electron chi connectivity index (χ1n) is 9.67. The second-order valence-corrected chi connectivity index (χ2v) is 8.30. The van der Waals surface area contributed by atoms with Crippen LogP contribution >= 0.6 is 11.3 Å². The van der Waals surface area contributed by atoms with Gasteiger partial charge in [0.25, 0.3) is 0 Å². The lowest BCUT2D eigenvalue weighted by Crippen LogP contribution is -2.04. The van der Waals surface area contributed by atoms with Crippen LogP contribution in [0.2, 0.25) is 0 Å². The van der Waals surface area contributed by atoms with Gasteiger partial charge in [0.15, 0.2) is 0 Å². The van der Waals surface area contributed by atoms with E-state index in [2.05, 4.69) is 17.4 Å². The molecule has 0 saturated carbocycles. The van der Waals surface area contributed by atoms with Crippen molar-refractivity contribution >= 4 is 33.1 Å². The summed E-state index contributed by atoms with van der Waals surface area (Å²) in [5.74, 6) is 1.91. The Morgan fingerprint density at radius 3 is 2.68 bits per heavy atom. The fourth-order valence-electron chi connectivity index (χ4n) is 3.87. The molecule has 5 heteroatoms. The number of nitrogens with one attached hydrogen (secondary N) is 1. The number of phenolic OH excluding ortho intramolecular Hbond substituents is 1. The second-order valence-electron chi connectivity index (χ2n) is 7.22. The van der Waals surface area contributed by atoms with Gasteiger partial charge in [-0.3, -0.25) is 0 Å². The topological polar surface area (TPSA) is 58.0 Å². The largest absolute Gasteiger partial charge is 0.508 e. The molecule has 0 atom stereocenters. The molecule has 2 heterocycles. The van der Waals surface area contributed by atoms with Gasteiger partial charge >= 0.3 is 0 Å². The van der Waals surface area contributed by atoms with E-state index in [1.165, 1.54) is 28.8 Å². The predicted molar refractivity (Wildman–Crippen MR) is 115 cm³/mol. The van der Waals surface area contributed by atoms with Crippen LogP contribution in [0.5, 0.6) is 5.75 Å². The van der Waals surface area contributed by atoms with Crippen LogP contribution in [0.1, 0.15) is 34.7 Å². The van der Waals surface area contributed by atoms with Crippen LogP contribution in [0, 0.1) is 0 Å². The van der Waals surface area contributed by atoms with E-state index in [0.29, 0.717) is 6.42 Å². The van der Waals surface area contributed by atoms with Crippen molar-refractivity contribution in [2.24, 2.45) is 0 Å². The van der Waals surface area contributed by atoms with E-state index < -0.39 is 0 Å². The maximum Gasteiger partial charge on any atom is 0.143 e. The molecule has 0 bridgehead atoms. The Morgan fingerprint density at radius 2 is 1.82 bits per heavy atom. The third-order valence-electron chi connectivity index (χ3n) is 5.17. The van der Waals surface area contributed by atoms with Gasteiger partial charge in [0.2, 0.25) is 0 Å². The highest BCUT2D eigenvalue weighted by molar-refractivity contribution is 7.19. The molecule has 140 valence electrons. The van der Waals surface area contributed by atoms with Crippen LogP contribution in [-0.2, 0) is 19.3 Å². The predicted octanol–water partition coefficient (Wildman–Crippen LogP) is 5.61. The van der Waals surface area contributed by atoms with Gasteiger partial charge < -0.3 is 10.4 Å². The molecule has 0 unspecified atom stereocenters. The van der Waals surface area contributed by atoms with E-state index >= 15 is 0 Å². The zero-order valence-electron chi connectivity index (χ0n) is 15.5. The summed E-state index contributed by atoms with van der Waals surface area (Å²) in [6.07, 6.45) is 5.39. The van der Waals surface area contributed by atoms with Crippen molar-refractivity contribution in [3.05, 3.63) is 76.4 Å². The molecule has 1 aliphatic rings. The third kappa shape index (κ3) is 3.34. The van der Waals surface area contributed by atoms with Crippen LogP contribution in [0.25, 0.3) is 10.2 Å². The molecule has 4 aromatic rings. The van der Waals surface area contributed by atoms with Crippen molar-refractivity contribution in [2.45, 2.75) is 32.1 Å². The summed E-state index contributed by atoms with van der Waals surface area (Å²) in [4.78, 5) is 12.3. The third-order valence-corrected chi connectivity index (χ3v) is 6.36. The molecular weight excluding hydrogens is 366 g/mol. The van der Waals surface area contributed by atoms with Gasteiger partial charge in [-0.05, 0) is 48.9 Å². The van der Waals surface area contributed by atoms with Gasteiger partial charge in [0.1, 0.15) is 22.2 Å². The molecule has 2 N–H and O–H groups in total. The Labute approximate surface area is 167 Å². The number of anilines is 2. The SMILES string of the molecule is Oc1cccc(Nc2nc(Cc3ccccc3)nc3sc4c(c23)CCCC4)c1. The lowest BCUT2D eigenvalue weighted by atomic mass is 9.97. The smallest absolute Gasteiger partial charge is 0.143 e. The van der Waals surface area contributed by atoms with Gasteiger partial charge in [0.05, 0.1) is 5.39 Å². The minimum absolute atomic E-state index is 0.243. The maximum atomic E-state index is 9.84. The average molecular weight is 388 g/mol. The summed E-state index contributed by atoms with van der Waals surface area (Å²) in [6.45, 7) is 0. The van der Waals surface area contributed by atoms with Crippen molar-refractivity contribution in [3.8, 4) is 5.75 Å². The van der Waals surface area contributed by atoms with Crippen LogP contribution in [0.15, 0.2) is 54.6 Å². The minimum atomic E-state index is 0.243. The summed E-state index contributed by atoms with van der Waals surface area (Å²) in [6, 6.07) is 17.5. The lowest BCUT2D eigenvalue weighted by Gasteiger charge is -2.13. The molecule has 5 rings (SSSR count). The van der Waals surface area contributed by atoms with E-state index in [9.17, 15) is 5.11 Å². The number of aryl methyl sites for hydroxylation is 2. The number of aromatic hydroxyl groups is 1. The normalized spacial score (nSPS) is 13.4. The summed E-state index contributed by atoms with van der Waals surface area (Å²) >= 11 is 1.81. The Kier molecular flexibility index (Phi) is 4.45. The highest BCUT2D eigenvalue weighted by Crippen LogP contribution is 2.39. The van der Waals surface area contributed by atoms with E-state index in [1.54, 1.807) is 12.1 Å². The van der Waals surface area contributed by atoms with Crippen molar-refractivity contribution in [1.29, 1.82) is 0 Å². The highest BCUT2D eigenvalue weighted by atomic mass is 32.1. The summed E-state index contributed by atoms with van der Waals surface area (Å²) in [5.41, 5.74) is 3.44. The Balaban J connectivity index is 1.62. The van der Waals surface area contributed by atoms with Crippen LogP contribution in [-0.4, -0.2) is 15.1 Å². The number of nitrogens with zero attached hydrogens (tertiary/aromatic N) is 2. The Morgan fingerprint density at radius 1 is 0.964 bits per heavy atom. The molecule has 0 amide bonds. The number of hydrogen-bond donors (Lipinski definition) is 2. The van der Waals surface area contributed by atoms with Gasteiger partial charge in [-0.2, -0.15) is 0 Å². The van der Waals surface area contributed by atoms with Gasteiger partial charge in [-0.1, -0.05) is 36.4 Å². The molecule has 1 aliphatic carbocycles. The van der Waals surface area contributed by atoms with Crippen LogP contribution in [0.3, 0.4) is 0 Å². The molecule has 0 saturated heterocycles. The van der Waals surface area contributed by atoms with Crippen LogP contribution < -0.4 is 5.32 Å². The number of hydrogen-bond acceptors (Lipinski definition) is 5. The first-order valence-corrected chi connectivity index (χ1v) is 10.5. The van der Waals surface area contributed by atoms with Crippen LogP contribution in [0.4, 0.5) is 11.5 Å². The minimum Gasteiger partial charge on any atom is -0.508 e. The molecule has 0 fully saturated rings. The second kappa shape index (κ2) is 7.24. The number of thiophene rings is 1. The average Bonchev–Trinajstić information content (AvgIpc) is 3.07. The number of benzene rings is 2. The van der Waals surface area contributed by atoms with Crippen molar-refractivity contribution in [1.82, 2.24) is 9.97 Å². The zero-order chi connectivity index (χ0) is 18.9. The standard InChI is InChI=1S/C23H21N3OS/c27-17-10-6-9-16(14-17)24-22-21-18-11-4-5-12-19(18)28-23(21)26-20(25-22)13-15-7-2-1-3-8-15/h1-3,6-10,14,27H,4-5,11-13H2,(H,24,25,26). The Bertz CT molecular complexity index is 1140. The summed E-state index contributed by atoms with van der Waals surface area (Å²) in [7, 11) is 0. The molecule has 0 radical (unpaired) electrons. The summed E-state index contributed by atoms with van der Waals surface area (Å²) < 4.78 is 0. The summed E-state index contributed by atoms with van der Waals surface area (Å²) in [5, 5.41) is 14.4. The number of phenols is 1. The molecule has 0 aliphatic heterocycles. The van der Waals surface area contributed by atoms with Crippen molar-refractivity contribution in [3.63, 3.8) is 0 Å². The molecule has 2 aromatic heterocycles. The Hall–Kier alpha value is -2.92. The van der Waals surface area contributed by atoms with E-state index in [1.807, 2.05) is 41.7 Å². The van der Waals surface area contributed by atoms with Gasteiger partial charge in [0, 0.05) is 23.1 Å². The first kappa shape index (κ1) is 17.2. The van der Waals surface area contributed by atoms with Gasteiger partial charge in [-0.15, -0.1) is 11.3 Å². The van der Waals surface area contributed by atoms with E-state index in [0.717, 1.165) is 40.4 Å². The van der Waals surface area contributed by atoms with E-state index in [4.69, 9.17) is 9.97 Å². The van der Waals surface area contributed by atoms with Crippen molar-refractivity contribution < 1.29 is 5.11 Å². The molecule has 2 aromatic carbocycles. The van der Waals surface area contributed by atoms with Crippen molar-refractivity contribution in [2.75, 3.05) is 5.32 Å². The number of aromatic nitrogens is 2. The monoisotopic (exact) mass is 387 g/mol. The maximum absolute atomic E-state index is 9.84. The molecule has 4 nitrogen and oxygen atoms in total. The lowest BCUT2D eigenvalue weighted by molar-refractivity contribution is 0.475. The quantitative estimate of drug-likeness (QED) is 0.478. The fraction of sp³-hybridized carbons (Fsp3) is 0.217. The van der Waals surface area contributed by atoms with Gasteiger partial charge in [-0.25, -0.2) is 9.97 Å². The highest BCUT2D eigenvalue weighted by Gasteiger charge is 2.21. The number of rotatable bonds is 4. The number of fused-ring (bicyclic) bond motifs is 3. The first-order chi connectivity index (χ1) is 13.8.